The molecule has 1 aliphatic rings. The number of ether oxygens (including phenoxy) is 1. The highest BCUT2D eigenvalue weighted by molar-refractivity contribution is 7.89. The zero-order valence-corrected chi connectivity index (χ0v) is 9.76. The van der Waals surface area contributed by atoms with Crippen molar-refractivity contribution in [1.29, 1.82) is 0 Å². The zero-order valence-electron chi connectivity index (χ0n) is 8.94. The van der Waals surface area contributed by atoms with Gasteiger partial charge in [-0.3, -0.25) is 0 Å². The predicted molar refractivity (Wildman–Crippen MR) is 59.0 cm³/mol. The van der Waals surface area contributed by atoms with E-state index in [2.05, 4.69) is 4.72 Å². The van der Waals surface area contributed by atoms with Crippen LogP contribution in [0.4, 0.5) is 0 Å². The van der Waals surface area contributed by atoms with Crippen molar-refractivity contribution in [3.63, 3.8) is 0 Å². The molecular formula is C9H20N2O3S. The van der Waals surface area contributed by atoms with Gasteiger partial charge in [0.05, 0.1) is 12.4 Å². The first kappa shape index (κ1) is 12.9. The van der Waals surface area contributed by atoms with Gasteiger partial charge >= 0.3 is 0 Å². The van der Waals surface area contributed by atoms with E-state index in [0.29, 0.717) is 26.1 Å². The standard InChI is InChI=1S/C9H20N2O3S/c10-4-1-7-15(12,13)11-5-6-14-8-9-2-3-9/h9,11H,1-8,10H2. The smallest absolute Gasteiger partial charge is 0.211 e. The Morgan fingerprint density at radius 2 is 2.13 bits per heavy atom. The zero-order chi connectivity index (χ0) is 11.1. The maximum atomic E-state index is 11.3. The molecule has 0 bridgehead atoms. The van der Waals surface area contributed by atoms with Crippen LogP contribution in [0.3, 0.4) is 0 Å². The highest BCUT2D eigenvalue weighted by Crippen LogP contribution is 2.28. The molecule has 0 aromatic heterocycles. The van der Waals surface area contributed by atoms with Crippen LogP contribution in [0.25, 0.3) is 0 Å². The molecule has 5 nitrogen and oxygen atoms in total. The second-order valence-corrected chi connectivity index (χ2v) is 5.80. The van der Waals surface area contributed by atoms with E-state index in [1.54, 1.807) is 0 Å². The number of hydrogen-bond acceptors (Lipinski definition) is 4. The molecule has 6 heteroatoms. The molecule has 0 unspecified atom stereocenters. The number of rotatable bonds is 9. The van der Waals surface area contributed by atoms with Crippen LogP contribution in [0.1, 0.15) is 19.3 Å². The first-order valence-corrected chi connectivity index (χ1v) is 7.04. The summed E-state index contributed by atoms with van der Waals surface area (Å²) in [7, 11) is -3.14. The Kier molecular flexibility index (Phi) is 5.52. The predicted octanol–water partition coefficient (Wildman–Crippen LogP) is -0.319. The van der Waals surface area contributed by atoms with E-state index < -0.39 is 10.0 Å². The van der Waals surface area contributed by atoms with E-state index >= 15 is 0 Å². The van der Waals surface area contributed by atoms with Crippen molar-refractivity contribution >= 4 is 10.0 Å². The van der Waals surface area contributed by atoms with Gasteiger partial charge in [0, 0.05) is 13.2 Å². The largest absolute Gasteiger partial charge is 0.380 e. The second-order valence-electron chi connectivity index (χ2n) is 3.87. The molecule has 0 aliphatic heterocycles. The lowest BCUT2D eigenvalue weighted by atomic mass is 10.5. The van der Waals surface area contributed by atoms with Gasteiger partial charge in [-0.25, -0.2) is 13.1 Å². The Balaban J connectivity index is 1.96. The Labute approximate surface area is 91.4 Å². The van der Waals surface area contributed by atoms with Crippen molar-refractivity contribution in [1.82, 2.24) is 4.72 Å². The summed E-state index contributed by atoms with van der Waals surface area (Å²) < 4.78 is 30.3. The molecule has 0 aromatic carbocycles. The lowest BCUT2D eigenvalue weighted by molar-refractivity contribution is 0.129. The third-order valence-corrected chi connectivity index (χ3v) is 3.71. The summed E-state index contributed by atoms with van der Waals surface area (Å²) in [4.78, 5) is 0. The first-order valence-electron chi connectivity index (χ1n) is 5.39. The summed E-state index contributed by atoms with van der Waals surface area (Å²) in [6.45, 7) is 1.99. The molecule has 0 heterocycles. The fraction of sp³-hybridized carbons (Fsp3) is 1.00. The van der Waals surface area contributed by atoms with E-state index in [-0.39, 0.29) is 5.75 Å². The van der Waals surface area contributed by atoms with Crippen molar-refractivity contribution in [2.24, 2.45) is 11.7 Å². The van der Waals surface area contributed by atoms with Crippen molar-refractivity contribution in [3.05, 3.63) is 0 Å². The van der Waals surface area contributed by atoms with Crippen molar-refractivity contribution in [3.8, 4) is 0 Å². The average molecular weight is 236 g/mol. The van der Waals surface area contributed by atoms with Crippen LogP contribution in [0.15, 0.2) is 0 Å². The topological polar surface area (TPSA) is 81.4 Å². The Morgan fingerprint density at radius 3 is 2.73 bits per heavy atom. The fourth-order valence-corrected chi connectivity index (χ4v) is 2.23. The lowest BCUT2D eigenvalue weighted by Gasteiger charge is -2.06. The number of sulfonamides is 1. The van der Waals surface area contributed by atoms with Gasteiger partial charge in [-0.2, -0.15) is 0 Å². The summed E-state index contributed by atoms with van der Waals surface area (Å²) in [6, 6.07) is 0. The van der Waals surface area contributed by atoms with E-state index in [1.807, 2.05) is 0 Å². The van der Waals surface area contributed by atoms with Crippen LogP contribution < -0.4 is 10.5 Å². The van der Waals surface area contributed by atoms with Gasteiger partial charge in [-0.15, -0.1) is 0 Å². The SMILES string of the molecule is NCCCS(=O)(=O)NCCOCC1CC1. The molecule has 15 heavy (non-hydrogen) atoms. The maximum absolute atomic E-state index is 11.3. The summed E-state index contributed by atoms with van der Waals surface area (Å²) in [6.07, 6.45) is 3.00. The minimum absolute atomic E-state index is 0.103. The Morgan fingerprint density at radius 1 is 1.40 bits per heavy atom. The van der Waals surface area contributed by atoms with Gasteiger partial charge < -0.3 is 10.5 Å². The van der Waals surface area contributed by atoms with Gasteiger partial charge in [0.25, 0.3) is 0 Å². The highest BCUT2D eigenvalue weighted by Gasteiger charge is 2.20. The molecular weight excluding hydrogens is 216 g/mol. The van der Waals surface area contributed by atoms with E-state index in [9.17, 15) is 8.42 Å². The van der Waals surface area contributed by atoms with Crippen molar-refractivity contribution in [2.45, 2.75) is 19.3 Å². The number of hydrogen-bond donors (Lipinski definition) is 2. The molecule has 0 saturated heterocycles. The molecule has 0 spiro atoms. The van der Waals surface area contributed by atoms with Crippen LogP contribution in [0, 0.1) is 5.92 Å². The molecule has 1 rings (SSSR count). The number of nitrogens with two attached hydrogens (primary N) is 1. The van der Waals surface area contributed by atoms with Crippen molar-refractivity contribution in [2.75, 3.05) is 32.1 Å². The Hall–Kier alpha value is -0.170. The molecule has 0 amide bonds. The van der Waals surface area contributed by atoms with Crippen molar-refractivity contribution < 1.29 is 13.2 Å². The van der Waals surface area contributed by atoms with E-state index in [1.165, 1.54) is 12.8 Å². The molecule has 3 N–H and O–H groups in total. The summed E-state index contributed by atoms with van der Waals surface area (Å²) >= 11 is 0. The van der Waals surface area contributed by atoms with E-state index in [0.717, 1.165) is 12.5 Å². The molecule has 1 saturated carbocycles. The van der Waals surface area contributed by atoms with Gasteiger partial charge in [0.2, 0.25) is 10.0 Å². The normalized spacial score (nSPS) is 16.9. The van der Waals surface area contributed by atoms with E-state index in [4.69, 9.17) is 10.5 Å². The summed E-state index contributed by atoms with van der Waals surface area (Å²) in [5.74, 6) is 0.824. The van der Waals surface area contributed by atoms with Gasteiger partial charge in [-0.1, -0.05) is 0 Å². The fourth-order valence-electron chi connectivity index (χ4n) is 1.15. The molecule has 0 aromatic rings. The maximum Gasteiger partial charge on any atom is 0.211 e. The van der Waals surface area contributed by atoms with Gasteiger partial charge in [0.15, 0.2) is 0 Å². The van der Waals surface area contributed by atoms with Crippen LogP contribution in [-0.4, -0.2) is 40.5 Å². The van der Waals surface area contributed by atoms with Gasteiger partial charge in [-0.05, 0) is 31.7 Å². The number of nitrogens with one attached hydrogen (secondary N) is 1. The molecule has 0 atom stereocenters. The summed E-state index contributed by atoms with van der Waals surface area (Å²) in [5, 5.41) is 0. The average Bonchev–Trinajstić information content (AvgIpc) is 2.98. The third-order valence-electron chi connectivity index (χ3n) is 2.24. The minimum atomic E-state index is -3.14. The quantitative estimate of drug-likeness (QED) is 0.538. The minimum Gasteiger partial charge on any atom is -0.380 e. The Bertz CT molecular complexity index is 263. The second kappa shape index (κ2) is 6.42. The van der Waals surface area contributed by atoms with Crippen LogP contribution in [0.5, 0.6) is 0 Å². The lowest BCUT2D eigenvalue weighted by Crippen LogP contribution is -2.30. The molecule has 1 fully saturated rings. The molecule has 0 radical (unpaired) electrons. The first-order chi connectivity index (χ1) is 7.14. The van der Waals surface area contributed by atoms with Crippen LogP contribution in [-0.2, 0) is 14.8 Å². The van der Waals surface area contributed by atoms with Gasteiger partial charge in [0.1, 0.15) is 0 Å². The molecule has 1 aliphatic carbocycles. The summed E-state index contributed by atoms with van der Waals surface area (Å²) in [5.41, 5.74) is 5.24. The molecule has 90 valence electrons. The highest BCUT2D eigenvalue weighted by atomic mass is 32.2. The van der Waals surface area contributed by atoms with Crippen LogP contribution in [0.2, 0.25) is 0 Å². The monoisotopic (exact) mass is 236 g/mol. The van der Waals surface area contributed by atoms with Crippen LogP contribution >= 0.6 is 0 Å². The third kappa shape index (κ3) is 6.83.